The van der Waals surface area contributed by atoms with Gasteiger partial charge in [-0.2, -0.15) is 0 Å². The van der Waals surface area contributed by atoms with Gasteiger partial charge < -0.3 is 46.0 Å². The molecule has 0 aromatic heterocycles. The van der Waals surface area contributed by atoms with Gasteiger partial charge in [0, 0.05) is 6.07 Å². The molecule has 0 bridgehead atoms. The minimum Gasteiger partial charge on any atom is -0.507 e. The van der Waals surface area contributed by atoms with Crippen molar-refractivity contribution in [2.24, 2.45) is 0 Å². The van der Waals surface area contributed by atoms with Crippen molar-refractivity contribution in [3.8, 4) is 17.2 Å². The van der Waals surface area contributed by atoms with Gasteiger partial charge >= 0.3 is 0 Å². The fourth-order valence-corrected chi connectivity index (χ4v) is 3.84. The van der Waals surface area contributed by atoms with Gasteiger partial charge in [-0.25, -0.2) is 0 Å². The average molecular weight is 388 g/mol. The molecule has 0 aliphatic carbocycles. The minimum atomic E-state index is -1.48. The highest BCUT2D eigenvalue weighted by molar-refractivity contribution is 5.59. The number of nitrogens with one attached hydrogen (secondary N) is 2. The van der Waals surface area contributed by atoms with E-state index in [0.29, 0.717) is 0 Å². The van der Waals surface area contributed by atoms with Crippen LogP contribution in [0.15, 0.2) is 6.07 Å². The number of hydrogen-bond donors (Lipinski definition) is 11. The molecule has 152 valence electrons. The molecule has 0 unspecified atom stereocenters. The first-order valence-corrected chi connectivity index (χ1v) is 8.46. The molecule has 0 radical (unpaired) electrons. The van der Waals surface area contributed by atoms with Crippen LogP contribution in [0.5, 0.6) is 17.2 Å². The number of hydrogen-bond acceptors (Lipinski definition) is 11. The zero-order valence-corrected chi connectivity index (χ0v) is 14.1. The second kappa shape index (κ2) is 7.37. The molecule has 8 atom stereocenters. The second-order valence-corrected chi connectivity index (χ2v) is 6.92. The van der Waals surface area contributed by atoms with Gasteiger partial charge in [0.15, 0.2) is 0 Å². The van der Waals surface area contributed by atoms with E-state index >= 15 is 0 Å². The first kappa shape index (κ1) is 20.0. The van der Waals surface area contributed by atoms with Crippen molar-refractivity contribution in [3.05, 3.63) is 17.2 Å². The third-order valence-electron chi connectivity index (χ3n) is 5.35. The maximum Gasteiger partial charge on any atom is 0.132 e. The first-order chi connectivity index (χ1) is 12.7. The first-order valence-electron chi connectivity index (χ1n) is 8.46. The van der Waals surface area contributed by atoms with E-state index in [4.69, 9.17) is 0 Å². The lowest BCUT2D eigenvalue weighted by molar-refractivity contribution is 0.0180. The summed E-state index contributed by atoms with van der Waals surface area (Å²) in [5.41, 5.74) is -0.498. The maximum atomic E-state index is 10.7. The third-order valence-corrected chi connectivity index (χ3v) is 5.35. The van der Waals surface area contributed by atoms with Crippen LogP contribution in [-0.2, 0) is 0 Å². The van der Waals surface area contributed by atoms with Crippen LogP contribution in [0.3, 0.4) is 0 Å². The van der Waals surface area contributed by atoms with Gasteiger partial charge in [0.2, 0.25) is 0 Å². The van der Waals surface area contributed by atoms with Crippen molar-refractivity contribution < 1.29 is 46.0 Å². The molecule has 11 heteroatoms. The summed E-state index contributed by atoms with van der Waals surface area (Å²) in [4.78, 5) is 0. The van der Waals surface area contributed by atoms with Crippen LogP contribution in [-0.4, -0.2) is 95.7 Å². The maximum absolute atomic E-state index is 10.7. The number of rotatable bonds is 4. The van der Waals surface area contributed by atoms with Gasteiger partial charge in [0.1, 0.15) is 29.5 Å². The normalized spacial score (nSPS) is 39.2. The molecule has 27 heavy (non-hydrogen) atoms. The Morgan fingerprint density at radius 2 is 1.04 bits per heavy atom. The summed E-state index contributed by atoms with van der Waals surface area (Å²) in [5, 5.41) is 95.3. The Morgan fingerprint density at radius 3 is 1.33 bits per heavy atom. The van der Waals surface area contributed by atoms with Gasteiger partial charge in [-0.15, -0.1) is 0 Å². The molecule has 0 spiro atoms. The van der Waals surface area contributed by atoms with Crippen molar-refractivity contribution in [2.45, 2.75) is 48.6 Å². The fraction of sp³-hybridized carbons (Fsp3) is 0.625. The molecular formula is C16H24N2O9. The third kappa shape index (κ3) is 3.11. The minimum absolute atomic E-state index is 0.249. The van der Waals surface area contributed by atoms with Crippen molar-refractivity contribution >= 4 is 0 Å². The van der Waals surface area contributed by atoms with E-state index in [2.05, 4.69) is 10.6 Å². The summed E-state index contributed by atoms with van der Waals surface area (Å²) in [6.45, 7) is -1.01. The van der Waals surface area contributed by atoms with E-state index in [9.17, 15) is 46.0 Å². The Hall–Kier alpha value is -1.70. The van der Waals surface area contributed by atoms with Crippen molar-refractivity contribution in [1.29, 1.82) is 0 Å². The molecule has 0 amide bonds. The summed E-state index contributed by atoms with van der Waals surface area (Å²) in [6, 6.07) is -3.26. The van der Waals surface area contributed by atoms with Crippen LogP contribution in [0.1, 0.15) is 23.2 Å². The summed E-state index contributed by atoms with van der Waals surface area (Å²) < 4.78 is 0. The van der Waals surface area contributed by atoms with Gasteiger partial charge in [0.05, 0.1) is 60.7 Å². The van der Waals surface area contributed by atoms with Crippen LogP contribution >= 0.6 is 0 Å². The lowest BCUT2D eigenvalue weighted by atomic mass is 9.92. The molecule has 1 aromatic rings. The Kier molecular flexibility index (Phi) is 5.47. The Bertz CT molecular complexity index is 649. The van der Waals surface area contributed by atoms with Crippen LogP contribution in [0, 0.1) is 0 Å². The number of aliphatic hydroxyl groups is 6. The number of phenols is 3. The Labute approximate surface area is 153 Å². The summed E-state index contributed by atoms with van der Waals surface area (Å²) in [5.74, 6) is -1.83. The number of aromatic hydroxyl groups is 3. The van der Waals surface area contributed by atoms with Crippen LogP contribution in [0.25, 0.3) is 0 Å². The number of phenolic OH excluding ortho intramolecular Hbond substituents is 3. The largest absolute Gasteiger partial charge is 0.507 e. The average Bonchev–Trinajstić information content (AvgIpc) is 3.06. The van der Waals surface area contributed by atoms with Gasteiger partial charge in [-0.3, -0.25) is 10.6 Å². The lowest BCUT2D eigenvalue weighted by Gasteiger charge is -2.24. The highest BCUT2D eigenvalue weighted by Gasteiger charge is 2.47. The van der Waals surface area contributed by atoms with Gasteiger partial charge in [-0.1, -0.05) is 0 Å². The van der Waals surface area contributed by atoms with Gasteiger partial charge in [0.25, 0.3) is 0 Å². The molecular weight excluding hydrogens is 364 g/mol. The molecule has 2 heterocycles. The predicted octanol–water partition coefficient (Wildman–Crippen LogP) is -3.74. The van der Waals surface area contributed by atoms with Crippen LogP contribution in [0.4, 0.5) is 0 Å². The highest BCUT2D eigenvalue weighted by Crippen LogP contribution is 2.48. The summed E-state index contributed by atoms with van der Waals surface area (Å²) in [6.07, 6.45) is -5.69. The van der Waals surface area contributed by atoms with Crippen LogP contribution < -0.4 is 10.6 Å². The molecule has 2 aliphatic rings. The summed E-state index contributed by atoms with van der Waals surface area (Å²) >= 11 is 0. The zero-order chi connectivity index (χ0) is 20.0. The van der Waals surface area contributed by atoms with E-state index in [0.717, 1.165) is 6.07 Å². The smallest absolute Gasteiger partial charge is 0.132 e. The quantitative estimate of drug-likeness (QED) is 0.242. The standard InChI is InChI=1S/C16H24N2O9/c19-2-4-12(23)15(26)10(17-4)8-6(21)1-7(22)9(14(8)25)11-16(27)13(24)5(3-20)18-11/h1,4-5,10-13,15-27H,2-3H2/t4-,5+,10-,11-,12-,13-,15-,16-/m0/s1. The lowest BCUT2D eigenvalue weighted by Crippen LogP contribution is -2.35. The number of benzene rings is 1. The predicted molar refractivity (Wildman–Crippen MR) is 89.0 cm³/mol. The molecule has 2 fully saturated rings. The molecule has 11 N–H and O–H groups in total. The Balaban J connectivity index is 2.05. The highest BCUT2D eigenvalue weighted by atomic mass is 16.3. The van der Waals surface area contributed by atoms with E-state index in [1.54, 1.807) is 0 Å². The molecule has 2 saturated heterocycles. The van der Waals surface area contributed by atoms with Crippen molar-refractivity contribution in [1.82, 2.24) is 10.6 Å². The summed E-state index contributed by atoms with van der Waals surface area (Å²) in [7, 11) is 0. The monoisotopic (exact) mass is 388 g/mol. The van der Waals surface area contributed by atoms with Gasteiger partial charge in [-0.05, 0) is 0 Å². The molecule has 1 aromatic carbocycles. The Morgan fingerprint density at radius 1 is 0.667 bits per heavy atom. The van der Waals surface area contributed by atoms with Crippen molar-refractivity contribution in [2.75, 3.05) is 13.2 Å². The zero-order valence-electron chi connectivity index (χ0n) is 14.1. The second-order valence-electron chi connectivity index (χ2n) is 6.92. The van der Waals surface area contributed by atoms with Crippen molar-refractivity contribution in [3.63, 3.8) is 0 Å². The molecule has 2 aliphatic heterocycles. The number of aliphatic hydroxyl groups excluding tert-OH is 6. The van der Waals surface area contributed by atoms with E-state index < -0.39 is 79.0 Å². The van der Waals surface area contributed by atoms with E-state index in [1.165, 1.54) is 0 Å². The van der Waals surface area contributed by atoms with E-state index in [1.807, 2.05) is 0 Å². The topological polar surface area (TPSA) is 206 Å². The van der Waals surface area contributed by atoms with Crippen LogP contribution in [0.2, 0.25) is 0 Å². The fourth-order valence-electron chi connectivity index (χ4n) is 3.84. The molecule has 0 saturated carbocycles. The SMILES string of the molecule is OC[C@@H]1N[C@@H](c2c(O)cc(O)c([C@@H]3N[C@H](CO)[C@H](O)[C@H]3O)c2O)[C@H](O)[C@H]1O. The molecule has 3 rings (SSSR count). The molecule has 11 nitrogen and oxygen atoms in total. The van der Waals surface area contributed by atoms with E-state index in [-0.39, 0.29) is 11.1 Å².